The molecule has 0 spiro atoms. The lowest BCUT2D eigenvalue weighted by atomic mass is 9.77. The summed E-state index contributed by atoms with van der Waals surface area (Å²) < 4.78 is 36.7. The highest BCUT2D eigenvalue weighted by molar-refractivity contribution is 7.85. The minimum absolute atomic E-state index is 0.0730. The smallest absolute Gasteiger partial charge is 0.306 e. The van der Waals surface area contributed by atoms with Crippen LogP contribution in [0.3, 0.4) is 0 Å². The summed E-state index contributed by atoms with van der Waals surface area (Å²) in [5.41, 5.74) is 1.54. The average Bonchev–Trinajstić information content (AvgIpc) is 2.92. The third-order valence-electron chi connectivity index (χ3n) is 6.61. The zero-order valence-electron chi connectivity index (χ0n) is 22.9. The number of nitrogens with zero attached hydrogens (tertiary/aromatic N) is 1. The van der Waals surface area contributed by atoms with E-state index in [0.29, 0.717) is 12.8 Å². The van der Waals surface area contributed by atoms with Crippen LogP contribution in [0.15, 0.2) is 108 Å². The molecule has 0 fully saturated rings. The van der Waals surface area contributed by atoms with E-state index in [0.717, 1.165) is 22.9 Å². The maximum atomic E-state index is 12.3. The number of rotatable bonds is 9. The van der Waals surface area contributed by atoms with Gasteiger partial charge in [-0.15, -0.1) is 0 Å². The van der Waals surface area contributed by atoms with E-state index in [2.05, 4.69) is 50.2 Å². The predicted molar refractivity (Wildman–Crippen MR) is 156 cm³/mol. The Balaban J connectivity index is 0.000000252. The lowest BCUT2D eigenvalue weighted by Gasteiger charge is -2.40. The number of esters is 1. The quantitative estimate of drug-likeness (QED) is 0.194. The van der Waals surface area contributed by atoms with Crippen LogP contribution in [0.5, 0.6) is 0 Å². The fraction of sp³-hybridized carbons (Fsp3) is 0.281. The van der Waals surface area contributed by atoms with Crippen LogP contribution in [-0.2, 0) is 31.7 Å². The molecule has 4 aromatic rings. The van der Waals surface area contributed by atoms with Gasteiger partial charge < -0.3 is 9.64 Å². The Morgan fingerprint density at radius 1 is 0.872 bits per heavy atom. The number of carbonyl (C=O) groups excluding carboxylic acids is 1. The molecule has 206 valence electrons. The largest absolute Gasteiger partial charge is 0.453 e. The number of ether oxygens (including phenoxy) is 1. The summed E-state index contributed by atoms with van der Waals surface area (Å²) in [5, 5.41) is 1.74. The second-order valence-corrected chi connectivity index (χ2v) is 11.3. The molecule has 0 bridgehead atoms. The van der Waals surface area contributed by atoms with Crippen molar-refractivity contribution in [3.8, 4) is 0 Å². The fourth-order valence-corrected chi connectivity index (χ4v) is 5.19. The van der Waals surface area contributed by atoms with Gasteiger partial charge in [-0.05, 0) is 48.1 Å². The van der Waals surface area contributed by atoms with Gasteiger partial charge in [0.15, 0.2) is 0 Å². The van der Waals surface area contributed by atoms with E-state index in [-0.39, 0.29) is 16.8 Å². The number of fused-ring (bicyclic) bond motifs is 1. The van der Waals surface area contributed by atoms with Crippen molar-refractivity contribution in [2.45, 2.75) is 37.2 Å². The molecule has 0 radical (unpaired) electrons. The highest BCUT2D eigenvalue weighted by Gasteiger charge is 2.42. The summed E-state index contributed by atoms with van der Waals surface area (Å²) >= 11 is 0. The van der Waals surface area contributed by atoms with Crippen molar-refractivity contribution in [2.24, 2.45) is 5.92 Å². The van der Waals surface area contributed by atoms with Crippen LogP contribution in [0, 0.1) is 5.92 Å². The number of hydrogen-bond donors (Lipinski definition) is 1. The Bertz CT molecular complexity index is 1460. The molecule has 6 nitrogen and oxygen atoms in total. The highest BCUT2D eigenvalue weighted by atomic mass is 32.2. The van der Waals surface area contributed by atoms with Crippen molar-refractivity contribution in [1.29, 1.82) is 0 Å². The van der Waals surface area contributed by atoms with E-state index < -0.39 is 15.7 Å². The standard InChI is InChI=1S/C22H29NO2.C10H8O3S/c1-5-21(24)25-22(18(2)17-23(3)4,20-14-10-7-11-15-20)16-19-12-8-6-9-13-19;11-14(12,13)10-6-5-8-3-1-2-4-9(8)7-10/h6-15,18H,5,16-17H2,1-4H3;1-7H,(H,11,12,13)/t18-,22+;/m0./s1. The van der Waals surface area contributed by atoms with Gasteiger partial charge in [0.1, 0.15) is 5.60 Å². The normalized spacial score (nSPS) is 13.7. The second kappa shape index (κ2) is 13.5. The Labute approximate surface area is 232 Å². The number of hydrogen-bond acceptors (Lipinski definition) is 5. The molecule has 4 aromatic carbocycles. The van der Waals surface area contributed by atoms with Gasteiger partial charge in [0.25, 0.3) is 10.1 Å². The van der Waals surface area contributed by atoms with E-state index in [4.69, 9.17) is 9.29 Å². The van der Waals surface area contributed by atoms with E-state index in [1.165, 1.54) is 17.7 Å². The summed E-state index contributed by atoms with van der Waals surface area (Å²) in [4.78, 5) is 14.4. The van der Waals surface area contributed by atoms with Crippen molar-refractivity contribution in [3.63, 3.8) is 0 Å². The molecule has 0 aromatic heterocycles. The number of benzene rings is 4. The molecule has 0 amide bonds. The highest BCUT2D eigenvalue weighted by Crippen LogP contribution is 2.38. The summed E-state index contributed by atoms with van der Waals surface area (Å²) in [6.07, 6.45) is 1.04. The van der Waals surface area contributed by atoms with Gasteiger partial charge in [0.05, 0.1) is 4.90 Å². The lowest BCUT2D eigenvalue weighted by Crippen LogP contribution is -2.44. The summed E-state index contributed by atoms with van der Waals surface area (Å²) in [7, 11) is 0.00971. The van der Waals surface area contributed by atoms with Crippen LogP contribution in [-0.4, -0.2) is 44.5 Å². The Kier molecular flexibility index (Phi) is 10.4. The van der Waals surface area contributed by atoms with Crippen molar-refractivity contribution < 1.29 is 22.5 Å². The fourth-order valence-electron chi connectivity index (χ4n) is 4.67. The molecule has 0 saturated heterocycles. The van der Waals surface area contributed by atoms with Crippen molar-refractivity contribution in [3.05, 3.63) is 114 Å². The van der Waals surface area contributed by atoms with Crippen LogP contribution < -0.4 is 0 Å². The van der Waals surface area contributed by atoms with Gasteiger partial charge in [0, 0.05) is 25.3 Å². The monoisotopic (exact) mass is 547 g/mol. The molecule has 0 heterocycles. The molecule has 2 atom stereocenters. The first-order valence-electron chi connectivity index (χ1n) is 13.0. The average molecular weight is 548 g/mol. The molecule has 0 aliphatic carbocycles. The Hall–Kier alpha value is -3.52. The first-order valence-corrected chi connectivity index (χ1v) is 14.4. The Morgan fingerprint density at radius 2 is 1.44 bits per heavy atom. The zero-order valence-corrected chi connectivity index (χ0v) is 23.8. The summed E-state index contributed by atoms with van der Waals surface area (Å²) in [6.45, 7) is 4.84. The van der Waals surface area contributed by atoms with E-state index in [9.17, 15) is 13.2 Å². The van der Waals surface area contributed by atoms with E-state index >= 15 is 0 Å². The molecule has 0 aliphatic rings. The van der Waals surface area contributed by atoms with Gasteiger partial charge in [-0.25, -0.2) is 0 Å². The molecule has 0 aliphatic heterocycles. The van der Waals surface area contributed by atoms with Crippen LogP contribution in [0.1, 0.15) is 31.4 Å². The molecule has 4 rings (SSSR count). The van der Waals surface area contributed by atoms with Gasteiger partial charge in [-0.1, -0.05) is 105 Å². The second-order valence-electron chi connectivity index (χ2n) is 9.89. The molecular formula is C32H37NO5S. The SMILES string of the molecule is CCC(=O)O[C@@](Cc1ccccc1)(c1ccccc1)[C@@H](C)CN(C)C.O=S(=O)(O)c1ccc2ccccc2c1. The molecular weight excluding hydrogens is 510 g/mol. The van der Waals surface area contributed by atoms with Gasteiger partial charge in [-0.3, -0.25) is 9.35 Å². The van der Waals surface area contributed by atoms with E-state index in [1.54, 1.807) is 12.1 Å². The van der Waals surface area contributed by atoms with Crippen LogP contribution in [0.4, 0.5) is 0 Å². The molecule has 39 heavy (non-hydrogen) atoms. The first kappa shape index (κ1) is 30.0. The number of carbonyl (C=O) groups is 1. The third-order valence-corrected chi connectivity index (χ3v) is 7.46. The van der Waals surface area contributed by atoms with Crippen LogP contribution in [0.25, 0.3) is 10.8 Å². The van der Waals surface area contributed by atoms with Crippen molar-refractivity contribution in [1.82, 2.24) is 4.90 Å². The zero-order chi connectivity index (χ0) is 28.5. The molecule has 0 unspecified atom stereocenters. The van der Waals surface area contributed by atoms with Gasteiger partial charge in [-0.2, -0.15) is 8.42 Å². The molecule has 1 N–H and O–H groups in total. The predicted octanol–water partition coefficient (Wildman–Crippen LogP) is 6.36. The van der Waals surface area contributed by atoms with Crippen molar-refractivity contribution >= 4 is 26.9 Å². The van der Waals surface area contributed by atoms with E-state index in [1.807, 2.05) is 61.5 Å². The summed E-state index contributed by atoms with van der Waals surface area (Å²) in [6, 6.07) is 32.3. The van der Waals surface area contributed by atoms with Crippen molar-refractivity contribution in [2.75, 3.05) is 20.6 Å². The minimum Gasteiger partial charge on any atom is -0.453 e. The first-order chi connectivity index (χ1) is 18.5. The topological polar surface area (TPSA) is 83.9 Å². The Morgan fingerprint density at radius 3 is 2.00 bits per heavy atom. The third kappa shape index (κ3) is 8.23. The van der Waals surface area contributed by atoms with Gasteiger partial charge >= 0.3 is 5.97 Å². The molecule has 7 heteroatoms. The van der Waals surface area contributed by atoms with Gasteiger partial charge in [0.2, 0.25) is 0 Å². The minimum atomic E-state index is -4.09. The lowest BCUT2D eigenvalue weighted by molar-refractivity contribution is -0.168. The summed E-state index contributed by atoms with van der Waals surface area (Å²) in [5.74, 6) is -0.0222. The maximum absolute atomic E-state index is 12.3. The maximum Gasteiger partial charge on any atom is 0.306 e. The molecule has 0 saturated carbocycles. The van der Waals surface area contributed by atoms with Crippen LogP contribution >= 0.6 is 0 Å². The van der Waals surface area contributed by atoms with Crippen LogP contribution in [0.2, 0.25) is 0 Å².